The lowest BCUT2D eigenvalue weighted by Crippen LogP contribution is -2.34. The van der Waals surface area contributed by atoms with Gasteiger partial charge in [0.15, 0.2) is 0 Å². The van der Waals surface area contributed by atoms with E-state index < -0.39 is 0 Å². The SMILES string of the molecule is O=C(CCNC1CC1)NC1CCOc2ccccc21. The van der Waals surface area contributed by atoms with Gasteiger partial charge in [0.25, 0.3) is 0 Å². The van der Waals surface area contributed by atoms with Crippen LogP contribution in [-0.2, 0) is 4.79 Å². The predicted octanol–water partition coefficient (Wildman–Crippen LogP) is 1.77. The summed E-state index contributed by atoms with van der Waals surface area (Å²) in [4.78, 5) is 11.9. The van der Waals surface area contributed by atoms with Crippen LogP contribution in [0, 0.1) is 0 Å². The van der Waals surface area contributed by atoms with Crippen molar-refractivity contribution >= 4 is 5.91 Å². The van der Waals surface area contributed by atoms with Gasteiger partial charge in [-0.1, -0.05) is 18.2 Å². The first-order valence-corrected chi connectivity index (χ1v) is 7.07. The normalized spacial score (nSPS) is 21.4. The highest BCUT2D eigenvalue weighted by Crippen LogP contribution is 2.31. The fourth-order valence-electron chi connectivity index (χ4n) is 2.44. The van der Waals surface area contributed by atoms with E-state index in [0.29, 0.717) is 19.1 Å². The van der Waals surface area contributed by atoms with E-state index in [2.05, 4.69) is 10.6 Å². The average Bonchev–Trinajstić information content (AvgIpc) is 3.23. The Balaban J connectivity index is 1.53. The Labute approximate surface area is 113 Å². The molecule has 0 saturated heterocycles. The van der Waals surface area contributed by atoms with Crippen LogP contribution in [0.5, 0.6) is 5.75 Å². The van der Waals surface area contributed by atoms with E-state index in [1.165, 1.54) is 12.8 Å². The lowest BCUT2D eigenvalue weighted by Gasteiger charge is -2.26. The van der Waals surface area contributed by atoms with E-state index in [1.54, 1.807) is 0 Å². The van der Waals surface area contributed by atoms with E-state index in [1.807, 2.05) is 24.3 Å². The molecule has 4 nitrogen and oxygen atoms in total. The summed E-state index contributed by atoms with van der Waals surface area (Å²) in [6, 6.07) is 8.70. The molecule has 1 fully saturated rings. The molecular weight excluding hydrogens is 240 g/mol. The number of nitrogens with one attached hydrogen (secondary N) is 2. The molecule has 19 heavy (non-hydrogen) atoms. The first-order chi connectivity index (χ1) is 9.33. The van der Waals surface area contributed by atoms with Crippen LogP contribution in [0.2, 0.25) is 0 Å². The van der Waals surface area contributed by atoms with Gasteiger partial charge >= 0.3 is 0 Å². The summed E-state index contributed by atoms with van der Waals surface area (Å²) >= 11 is 0. The minimum Gasteiger partial charge on any atom is -0.493 e. The predicted molar refractivity (Wildman–Crippen MR) is 73.1 cm³/mol. The van der Waals surface area contributed by atoms with Crippen molar-refractivity contribution in [2.45, 2.75) is 37.8 Å². The molecule has 1 aromatic carbocycles. The van der Waals surface area contributed by atoms with Crippen LogP contribution in [0.1, 0.15) is 37.3 Å². The topological polar surface area (TPSA) is 50.4 Å². The van der Waals surface area contributed by atoms with Crippen molar-refractivity contribution in [3.63, 3.8) is 0 Å². The average molecular weight is 260 g/mol. The van der Waals surface area contributed by atoms with Crippen LogP contribution >= 0.6 is 0 Å². The van der Waals surface area contributed by atoms with E-state index in [-0.39, 0.29) is 11.9 Å². The number of hydrogen-bond acceptors (Lipinski definition) is 3. The third-order valence-electron chi connectivity index (χ3n) is 3.66. The van der Waals surface area contributed by atoms with Crippen LogP contribution in [0.25, 0.3) is 0 Å². The molecular formula is C15H20N2O2. The van der Waals surface area contributed by atoms with Gasteiger partial charge in [-0.25, -0.2) is 0 Å². The first-order valence-electron chi connectivity index (χ1n) is 7.07. The number of benzene rings is 1. The Morgan fingerprint density at radius 2 is 2.11 bits per heavy atom. The van der Waals surface area contributed by atoms with Gasteiger partial charge in [-0.2, -0.15) is 0 Å². The lowest BCUT2D eigenvalue weighted by atomic mass is 10.0. The van der Waals surface area contributed by atoms with Gasteiger partial charge in [-0.3, -0.25) is 4.79 Å². The molecule has 1 heterocycles. The smallest absolute Gasteiger partial charge is 0.221 e. The van der Waals surface area contributed by atoms with Gasteiger partial charge in [0.05, 0.1) is 12.6 Å². The Morgan fingerprint density at radius 3 is 2.95 bits per heavy atom. The molecule has 3 rings (SSSR count). The van der Waals surface area contributed by atoms with Crippen molar-refractivity contribution in [1.29, 1.82) is 0 Å². The standard InChI is InChI=1S/C15H20N2O2/c18-15(7-9-16-11-5-6-11)17-13-8-10-19-14-4-2-1-3-12(13)14/h1-4,11,13,16H,5-10H2,(H,17,18). The van der Waals surface area contributed by atoms with Gasteiger partial charge in [0, 0.05) is 31.0 Å². The molecule has 1 aliphatic heterocycles. The minimum absolute atomic E-state index is 0.0957. The number of amides is 1. The summed E-state index contributed by atoms with van der Waals surface area (Å²) in [5.41, 5.74) is 1.09. The lowest BCUT2D eigenvalue weighted by molar-refractivity contribution is -0.121. The summed E-state index contributed by atoms with van der Waals surface area (Å²) in [5.74, 6) is 1.02. The molecule has 0 bridgehead atoms. The second-order valence-electron chi connectivity index (χ2n) is 5.27. The molecule has 1 atom stereocenters. The largest absolute Gasteiger partial charge is 0.493 e. The summed E-state index contributed by atoms with van der Waals surface area (Å²) in [7, 11) is 0. The minimum atomic E-state index is 0.0957. The second-order valence-corrected chi connectivity index (χ2v) is 5.27. The fraction of sp³-hybridized carbons (Fsp3) is 0.533. The molecule has 0 aromatic heterocycles. The third kappa shape index (κ3) is 3.26. The van der Waals surface area contributed by atoms with E-state index in [4.69, 9.17) is 4.74 Å². The zero-order chi connectivity index (χ0) is 13.1. The van der Waals surface area contributed by atoms with Crippen molar-refractivity contribution in [1.82, 2.24) is 10.6 Å². The van der Waals surface area contributed by atoms with Crippen LogP contribution < -0.4 is 15.4 Å². The zero-order valence-corrected chi connectivity index (χ0v) is 11.0. The third-order valence-corrected chi connectivity index (χ3v) is 3.66. The number of para-hydroxylation sites is 1. The number of rotatable bonds is 5. The monoisotopic (exact) mass is 260 g/mol. The van der Waals surface area contributed by atoms with Gasteiger partial charge in [-0.15, -0.1) is 0 Å². The fourth-order valence-corrected chi connectivity index (χ4v) is 2.44. The maximum atomic E-state index is 11.9. The number of hydrogen-bond donors (Lipinski definition) is 2. The Bertz CT molecular complexity index is 457. The van der Waals surface area contributed by atoms with Gasteiger partial charge in [0.1, 0.15) is 5.75 Å². The van der Waals surface area contributed by atoms with Gasteiger partial charge < -0.3 is 15.4 Å². The van der Waals surface area contributed by atoms with Crippen LogP contribution in [-0.4, -0.2) is 25.1 Å². The molecule has 1 unspecified atom stereocenters. The number of carbonyl (C=O) groups excluding carboxylic acids is 1. The molecule has 2 N–H and O–H groups in total. The van der Waals surface area contributed by atoms with Crippen LogP contribution in [0.4, 0.5) is 0 Å². The van der Waals surface area contributed by atoms with E-state index in [9.17, 15) is 4.79 Å². The Kier molecular flexibility index (Phi) is 3.69. The van der Waals surface area contributed by atoms with E-state index in [0.717, 1.165) is 24.3 Å². The molecule has 0 spiro atoms. The number of fused-ring (bicyclic) bond motifs is 1. The quantitative estimate of drug-likeness (QED) is 0.848. The summed E-state index contributed by atoms with van der Waals surface area (Å²) in [6.07, 6.45) is 3.92. The van der Waals surface area contributed by atoms with E-state index >= 15 is 0 Å². The van der Waals surface area contributed by atoms with Crippen molar-refractivity contribution in [2.75, 3.05) is 13.2 Å². The van der Waals surface area contributed by atoms with Crippen molar-refractivity contribution in [3.05, 3.63) is 29.8 Å². The van der Waals surface area contributed by atoms with Crippen molar-refractivity contribution < 1.29 is 9.53 Å². The summed E-state index contributed by atoms with van der Waals surface area (Å²) in [6.45, 7) is 1.45. The highest BCUT2D eigenvalue weighted by Gasteiger charge is 2.23. The highest BCUT2D eigenvalue weighted by atomic mass is 16.5. The van der Waals surface area contributed by atoms with Crippen molar-refractivity contribution in [3.8, 4) is 5.75 Å². The Hall–Kier alpha value is -1.55. The van der Waals surface area contributed by atoms with Crippen molar-refractivity contribution in [2.24, 2.45) is 0 Å². The second kappa shape index (κ2) is 5.61. The highest BCUT2D eigenvalue weighted by molar-refractivity contribution is 5.76. The van der Waals surface area contributed by atoms with Gasteiger partial charge in [-0.05, 0) is 18.9 Å². The molecule has 2 aliphatic rings. The summed E-state index contributed by atoms with van der Waals surface area (Å²) < 4.78 is 5.59. The number of ether oxygens (including phenoxy) is 1. The zero-order valence-electron chi connectivity index (χ0n) is 11.0. The summed E-state index contributed by atoms with van der Waals surface area (Å²) in [5, 5.41) is 6.47. The molecule has 1 aromatic rings. The number of carbonyl (C=O) groups is 1. The molecule has 4 heteroatoms. The molecule has 1 saturated carbocycles. The molecule has 0 radical (unpaired) electrons. The van der Waals surface area contributed by atoms with Crippen LogP contribution in [0.3, 0.4) is 0 Å². The maximum Gasteiger partial charge on any atom is 0.221 e. The molecule has 1 aliphatic carbocycles. The van der Waals surface area contributed by atoms with Crippen LogP contribution in [0.15, 0.2) is 24.3 Å². The molecule has 102 valence electrons. The first kappa shape index (κ1) is 12.5. The Morgan fingerprint density at radius 1 is 1.26 bits per heavy atom. The molecule has 1 amide bonds. The van der Waals surface area contributed by atoms with Gasteiger partial charge in [0.2, 0.25) is 5.91 Å². The maximum absolute atomic E-state index is 11.9.